The third kappa shape index (κ3) is 4.16. The maximum Gasteiger partial charge on any atom is 0.254 e. The molecule has 1 amide bonds. The number of fused-ring (bicyclic) bond motifs is 1. The summed E-state index contributed by atoms with van der Waals surface area (Å²) in [6.45, 7) is 7.93. The molecular formula is C21H29ClN2O3. The number of rotatable bonds is 2. The highest BCUT2D eigenvalue weighted by molar-refractivity contribution is 6.31. The lowest BCUT2D eigenvalue weighted by Gasteiger charge is -2.40. The van der Waals surface area contributed by atoms with Gasteiger partial charge < -0.3 is 14.4 Å². The quantitative estimate of drug-likeness (QED) is 0.776. The van der Waals surface area contributed by atoms with E-state index in [1.54, 1.807) is 0 Å². The topological polar surface area (TPSA) is 42.0 Å². The molecule has 3 aliphatic heterocycles. The molecular weight excluding hydrogens is 364 g/mol. The molecule has 0 saturated carbocycles. The number of nitrogens with zero attached hydrogens (tertiary/aromatic N) is 2. The Morgan fingerprint density at radius 3 is 2.74 bits per heavy atom. The molecule has 3 aliphatic rings. The lowest BCUT2D eigenvalue weighted by atomic mass is 9.91. The lowest BCUT2D eigenvalue weighted by molar-refractivity contribution is -0.0174. The smallest absolute Gasteiger partial charge is 0.254 e. The molecule has 0 bridgehead atoms. The zero-order valence-electron chi connectivity index (χ0n) is 16.0. The van der Waals surface area contributed by atoms with Crippen LogP contribution in [0.4, 0.5) is 0 Å². The molecule has 3 saturated heterocycles. The molecule has 4 rings (SSSR count). The molecule has 1 aromatic carbocycles. The van der Waals surface area contributed by atoms with Gasteiger partial charge in [0.1, 0.15) is 0 Å². The third-order valence-electron chi connectivity index (χ3n) is 6.37. The van der Waals surface area contributed by atoms with Gasteiger partial charge >= 0.3 is 0 Å². The van der Waals surface area contributed by atoms with E-state index in [0.717, 1.165) is 64.3 Å². The second kappa shape index (κ2) is 8.48. The van der Waals surface area contributed by atoms with Gasteiger partial charge in [0.05, 0.1) is 12.7 Å². The van der Waals surface area contributed by atoms with Crippen LogP contribution in [0.2, 0.25) is 5.02 Å². The number of hydrogen-bond donors (Lipinski definition) is 0. The van der Waals surface area contributed by atoms with Crippen LogP contribution in [-0.2, 0) is 9.47 Å². The minimum absolute atomic E-state index is 0.0718. The van der Waals surface area contributed by atoms with Gasteiger partial charge in [0.25, 0.3) is 5.91 Å². The van der Waals surface area contributed by atoms with Gasteiger partial charge in [0.15, 0.2) is 0 Å². The molecule has 0 aliphatic carbocycles. The van der Waals surface area contributed by atoms with Crippen molar-refractivity contribution in [3.05, 3.63) is 34.3 Å². The molecule has 27 heavy (non-hydrogen) atoms. The molecule has 3 heterocycles. The molecule has 0 aromatic heterocycles. The molecule has 2 atom stereocenters. The zero-order chi connectivity index (χ0) is 18.8. The molecule has 6 heteroatoms. The SMILES string of the molecule is Cc1c(Cl)cccc1C(=O)N1CCC2CN(C3CCOCC3)CCOC2C1. The fourth-order valence-electron chi connectivity index (χ4n) is 4.65. The average molecular weight is 393 g/mol. The molecule has 2 unspecified atom stereocenters. The summed E-state index contributed by atoms with van der Waals surface area (Å²) in [5, 5.41) is 0.647. The Bertz CT molecular complexity index is 677. The summed E-state index contributed by atoms with van der Waals surface area (Å²) in [7, 11) is 0. The number of amides is 1. The van der Waals surface area contributed by atoms with E-state index >= 15 is 0 Å². The highest BCUT2D eigenvalue weighted by atomic mass is 35.5. The second-order valence-electron chi connectivity index (χ2n) is 7.96. The minimum atomic E-state index is 0.0718. The summed E-state index contributed by atoms with van der Waals surface area (Å²) in [5.74, 6) is 0.572. The van der Waals surface area contributed by atoms with Gasteiger partial charge in [-0.25, -0.2) is 0 Å². The Morgan fingerprint density at radius 2 is 1.93 bits per heavy atom. The minimum Gasteiger partial charge on any atom is -0.381 e. The largest absolute Gasteiger partial charge is 0.381 e. The molecule has 5 nitrogen and oxygen atoms in total. The first-order chi connectivity index (χ1) is 13.1. The number of piperidine rings is 1. The number of carbonyl (C=O) groups is 1. The van der Waals surface area contributed by atoms with Crippen molar-refractivity contribution in [3.8, 4) is 0 Å². The fraction of sp³-hybridized carbons (Fsp3) is 0.667. The number of carbonyl (C=O) groups excluding carboxylic acids is 1. The predicted octanol–water partition coefficient (Wildman–Crippen LogP) is 2.99. The number of ether oxygens (including phenoxy) is 2. The number of benzene rings is 1. The molecule has 148 valence electrons. The Hall–Kier alpha value is -1.14. The van der Waals surface area contributed by atoms with Gasteiger partial charge in [-0.2, -0.15) is 0 Å². The molecule has 3 fully saturated rings. The van der Waals surface area contributed by atoms with Gasteiger partial charge in [-0.1, -0.05) is 17.7 Å². The monoisotopic (exact) mass is 392 g/mol. The standard InChI is InChI=1S/C21H29ClN2O3/c1-15-18(3-2-4-19(15)22)21(25)24-8-5-16-13-23(9-12-27-20(16)14-24)17-6-10-26-11-7-17/h2-4,16-17,20H,5-14H2,1H3. The molecule has 0 radical (unpaired) electrons. The van der Waals surface area contributed by atoms with Crippen LogP contribution in [0.3, 0.4) is 0 Å². The van der Waals surface area contributed by atoms with Crippen molar-refractivity contribution in [2.24, 2.45) is 5.92 Å². The van der Waals surface area contributed by atoms with Gasteiger partial charge in [-0.05, 0) is 43.9 Å². The van der Waals surface area contributed by atoms with Crippen molar-refractivity contribution in [1.82, 2.24) is 9.80 Å². The first-order valence-electron chi connectivity index (χ1n) is 10.1. The van der Waals surface area contributed by atoms with E-state index in [9.17, 15) is 4.79 Å². The maximum atomic E-state index is 13.0. The van der Waals surface area contributed by atoms with Crippen LogP contribution in [-0.4, -0.2) is 73.9 Å². The van der Waals surface area contributed by atoms with E-state index in [-0.39, 0.29) is 12.0 Å². The molecule has 0 N–H and O–H groups in total. The number of likely N-dealkylation sites (tertiary alicyclic amines) is 1. The average Bonchev–Trinajstić information content (AvgIpc) is 2.92. The van der Waals surface area contributed by atoms with Gasteiger partial charge in [-0.15, -0.1) is 0 Å². The third-order valence-corrected chi connectivity index (χ3v) is 6.78. The highest BCUT2D eigenvalue weighted by Gasteiger charge is 2.37. The van der Waals surface area contributed by atoms with Crippen molar-refractivity contribution in [3.63, 3.8) is 0 Å². The van der Waals surface area contributed by atoms with Crippen molar-refractivity contribution in [2.45, 2.75) is 38.3 Å². The second-order valence-corrected chi connectivity index (χ2v) is 8.37. The number of hydrogen-bond acceptors (Lipinski definition) is 4. The summed E-state index contributed by atoms with van der Waals surface area (Å²) in [6, 6.07) is 6.17. The Labute approximate surface area is 166 Å². The van der Waals surface area contributed by atoms with Crippen LogP contribution < -0.4 is 0 Å². The van der Waals surface area contributed by atoms with Gasteiger partial charge in [-0.3, -0.25) is 9.69 Å². The van der Waals surface area contributed by atoms with Crippen molar-refractivity contribution in [2.75, 3.05) is 46.0 Å². The molecule has 0 spiro atoms. The van der Waals surface area contributed by atoms with Crippen LogP contribution in [0.15, 0.2) is 18.2 Å². The first kappa shape index (κ1) is 19.2. The van der Waals surface area contributed by atoms with Crippen LogP contribution in [0.5, 0.6) is 0 Å². The van der Waals surface area contributed by atoms with Crippen molar-refractivity contribution in [1.29, 1.82) is 0 Å². The summed E-state index contributed by atoms with van der Waals surface area (Å²) in [5.41, 5.74) is 1.57. The van der Waals surface area contributed by atoms with E-state index in [4.69, 9.17) is 21.1 Å². The summed E-state index contributed by atoms with van der Waals surface area (Å²) in [6.07, 6.45) is 3.37. The highest BCUT2D eigenvalue weighted by Crippen LogP contribution is 2.28. The van der Waals surface area contributed by atoms with E-state index in [2.05, 4.69) is 4.90 Å². The fourth-order valence-corrected chi connectivity index (χ4v) is 4.83. The van der Waals surface area contributed by atoms with Crippen LogP contribution >= 0.6 is 11.6 Å². The Kier molecular flexibility index (Phi) is 6.02. The number of halogens is 1. The van der Waals surface area contributed by atoms with Crippen molar-refractivity contribution < 1.29 is 14.3 Å². The van der Waals surface area contributed by atoms with E-state index in [1.807, 2.05) is 30.0 Å². The first-order valence-corrected chi connectivity index (χ1v) is 10.5. The van der Waals surface area contributed by atoms with Gasteiger partial charge in [0, 0.05) is 61.9 Å². The van der Waals surface area contributed by atoms with E-state index < -0.39 is 0 Å². The summed E-state index contributed by atoms with van der Waals surface area (Å²) < 4.78 is 11.7. The Morgan fingerprint density at radius 1 is 1.11 bits per heavy atom. The lowest BCUT2D eigenvalue weighted by Crippen LogP contribution is -2.50. The Balaban J connectivity index is 1.41. The van der Waals surface area contributed by atoms with Crippen LogP contribution in [0.1, 0.15) is 35.2 Å². The zero-order valence-corrected chi connectivity index (χ0v) is 16.8. The maximum absolute atomic E-state index is 13.0. The normalized spacial score (nSPS) is 27.9. The van der Waals surface area contributed by atoms with Crippen LogP contribution in [0.25, 0.3) is 0 Å². The molecule has 1 aromatic rings. The van der Waals surface area contributed by atoms with Gasteiger partial charge in [0.2, 0.25) is 0 Å². The van der Waals surface area contributed by atoms with E-state index in [1.165, 1.54) is 0 Å². The predicted molar refractivity (Wildman–Crippen MR) is 105 cm³/mol. The van der Waals surface area contributed by atoms with Crippen LogP contribution in [0, 0.1) is 12.8 Å². The van der Waals surface area contributed by atoms with E-state index in [0.29, 0.717) is 29.1 Å². The summed E-state index contributed by atoms with van der Waals surface area (Å²) in [4.78, 5) is 17.6. The summed E-state index contributed by atoms with van der Waals surface area (Å²) >= 11 is 6.21. The van der Waals surface area contributed by atoms with Crippen molar-refractivity contribution >= 4 is 17.5 Å².